The lowest BCUT2D eigenvalue weighted by atomic mass is 10.1. The molecule has 0 radical (unpaired) electrons. The SMILES string of the molecule is CCCC(=O)c1ccccc1OC(=O)CC. The average molecular weight is 220 g/mol. The van der Waals surface area contributed by atoms with Crippen molar-refractivity contribution in [3.05, 3.63) is 29.8 Å². The number of hydrogen-bond acceptors (Lipinski definition) is 3. The topological polar surface area (TPSA) is 43.4 Å². The Balaban J connectivity index is 2.91. The van der Waals surface area contributed by atoms with E-state index in [-0.39, 0.29) is 11.8 Å². The summed E-state index contributed by atoms with van der Waals surface area (Å²) in [5.74, 6) is 0.0616. The highest BCUT2D eigenvalue weighted by Gasteiger charge is 2.12. The minimum atomic E-state index is -0.322. The molecule has 0 unspecified atom stereocenters. The molecule has 3 nitrogen and oxygen atoms in total. The summed E-state index contributed by atoms with van der Waals surface area (Å²) < 4.78 is 5.10. The summed E-state index contributed by atoms with van der Waals surface area (Å²) in [7, 11) is 0. The molecule has 3 heteroatoms. The Hall–Kier alpha value is -1.64. The molecule has 0 saturated carbocycles. The van der Waals surface area contributed by atoms with Gasteiger partial charge in [0.15, 0.2) is 5.78 Å². The maximum atomic E-state index is 11.7. The summed E-state index contributed by atoms with van der Waals surface area (Å²) in [6.45, 7) is 3.66. The lowest BCUT2D eigenvalue weighted by Gasteiger charge is -2.07. The number of carbonyl (C=O) groups excluding carboxylic acids is 2. The fraction of sp³-hybridized carbons (Fsp3) is 0.385. The van der Waals surface area contributed by atoms with Crippen LogP contribution in [0.5, 0.6) is 5.75 Å². The first kappa shape index (κ1) is 12.4. The van der Waals surface area contributed by atoms with Crippen molar-refractivity contribution in [2.24, 2.45) is 0 Å². The van der Waals surface area contributed by atoms with Crippen LogP contribution in [0.1, 0.15) is 43.5 Å². The molecule has 0 amide bonds. The largest absolute Gasteiger partial charge is 0.426 e. The molecule has 0 aliphatic heterocycles. The summed E-state index contributed by atoms with van der Waals surface area (Å²) in [5, 5.41) is 0. The fourth-order valence-electron chi connectivity index (χ4n) is 1.34. The average Bonchev–Trinajstić information content (AvgIpc) is 2.30. The molecule has 1 rings (SSSR count). The van der Waals surface area contributed by atoms with Crippen LogP contribution in [-0.4, -0.2) is 11.8 Å². The van der Waals surface area contributed by atoms with E-state index in [1.54, 1.807) is 31.2 Å². The van der Waals surface area contributed by atoms with Gasteiger partial charge in [-0.25, -0.2) is 0 Å². The number of ketones is 1. The Morgan fingerprint density at radius 1 is 1.19 bits per heavy atom. The Kier molecular flexibility index (Phi) is 4.70. The molecule has 0 fully saturated rings. The van der Waals surface area contributed by atoms with Crippen LogP contribution in [-0.2, 0) is 4.79 Å². The number of rotatable bonds is 5. The van der Waals surface area contributed by atoms with Crippen molar-refractivity contribution in [1.29, 1.82) is 0 Å². The van der Waals surface area contributed by atoms with E-state index < -0.39 is 0 Å². The first-order chi connectivity index (χ1) is 7.69. The molecule has 1 aromatic rings. The maximum Gasteiger partial charge on any atom is 0.310 e. The van der Waals surface area contributed by atoms with Crippen molar-refractivity contribution in [2.45, 2.75) is 33.1 Å². The Morgan fingerprint density at radius 3 is 2.50 bits per heavy atom. The van der Waals surface area contributed by atoms with Crippen LogP contribution in [0.15, 0.2) is 24.3 Å². The molecular weight excluding hydrogens is 204 g/mol. The normalized spacial score (nSPS) is 9.88. The summed E-state index contributed by atoms with van der Waals surface area (Å²) in [5.41, 5.74) is 0.492. The van der Waals surface area contributed by atoms with E-state index in [1.165, 1.54) is 0 Å². The van der Waals surface area contributed by atoms with Crippen LogP contribution in [0.4, 0.5) is 0 Å². The monoisotopic (exact) mass is 220 g/mol. The van der Waals surface area contributed by atoms with E-state index in [4.69, 9.17) is 4.74 Å². The number of hydrogen-bond donors (Lipinski definition) is 0. The van der Waals surface area contributed by atoms with Crippen molar-refractivity contribution in [1.82, 2.24) is 0 Å². The summed E-state index contributed by atoms with van der Waals surface area (Å²) in [4.78, 5) is 22.9. The smallest absolute Gasteiger partial charge is 0.310 e. The lowest BCUT2D eigenvalue weighted by molar-refractivity contribution is -0.134. The number of ether oxygens (including phenoxy) is 1. The molecular formula is C13H16O3. The Labute approximate surface area is 95.4 Å². The highest BCUT2D eigenvalue weighted by atomic mass is 16.5. The van der Waals surface area contributed by atoms with Crippen LogP contribution in [0.2, 0.25) is 0 Å². The van der Waals surface area contributed by atoms with Crippen molar-refractivity contribution in [3.8, 4) is 5.75 Å². The first-order valence-electron chi connectivity index (χ1n) is 5.52. The van der Waals surface area contributed by atoms with Gasteiger partial charge in [-0.15, -0.1) is 0 Å². The predicted molar refractivity (Wildman–Crippen MR) is 61.6 cm³/mol. The maximum absolute atomic E-state index is 11.7. The summed E-state index contributed by atoms with van der Waals surface area (Å²) >= 11 is 0. The second-order valence-corrected chi connectivity index (χ2v) is 3.50. The second-order valence-electron chi connectivity index (χ2n) is 3.50. The third-order valence-corrected chi connectivity index (χ3v) is 2.18. The van der Waals surface area contributed by atoms with Crippen molar-refractivity contribution in [3.63, 3.8) is 0 Å². The number of benzene rings is 1. The molecule has 86 valence electrons. The van der Waals surface area contributed by atoms with E-state index in [0.29, 0.717) is 24.2 Å². The van der Waals surface area contributed by atoms with Gasteiger partial charge >= 0.3 is 5.97 Å². The first-order valence-corrected chi connectivity index (χ1v) is 5.52. The predicted octanol–water partition coefficient (Wildman–Crippen LogP) is 2.98. The molecule has 16 heavy (non-hydrogen) atoms. The van der Waals surface area contributed by atoms with E-state index in [0.717, 1.165) is 6.42 Å². The lowest BCUT2D eigenvalue weighted by Crippen LogP contribution is -2.09. The van der Waals surface area contributed by atoms with Crippen LogP contribution >= 0.6 is 0 Å². The number of para-hydroxylation sites is 1. The molecule has 1 aromatic carbocycles. The van der Waals surface area contributed by atoms with E-state index >= 15 is 0 Å². The molecule has 0 spiro atoms. The molecule has 0 bridgehead atoms. The zero-order valence-electron chi connectivity index (χ0n) is 9.66. The molecule has 0 aliphatic rings. The van der Waals surface area contributed by atoms with Gasteiger partial charge in [-0.2, -0.15) is 0 Å². The standard InChI is InChI=1S/C13H16O3/c1-3-7-11(14)10-8-5-6-9-12(10)16-13(15)4-2/h5-6,8-9H,3-4,7H2,1-2H3. The zero-order valence-corrected chi connectivity index (χ0v) is 9.66. The highest BCUT2D eigenvalue weighted by Crippen LogP contribution is 2.20. The third kappa shape index (κ3) is 3.19. The molecule has 0 saturated heterocycles. The van der Waals surface area contributed by atoms with Gasteiger partial charge in [0, 0.05) is 12.8 Å². The Morgan fingerprint density at radius 2 is 1.88 bits per heavy atom. The molecule has 0 atom stereocenters. The number of carbonyl (C=O) groups is 2. The van der Waals surface area contributed by atoms with E-state index in [9.17, 15) is 9.59 Å². The second kappa shape index (κ2) is 6.05. The van der Waals surface area contributed by atoms with Crippen LogP contribution in [0.3, 0.4) is 0 Å². The molecule has 0 heterocycles. The number of Topliss-reactive ketones (excluding diaryl/α,β-unsaturated/α-hetero) is 1. The van der Waals surface area contributed by atoms with Crippen molar-refractivity contribution < 1.29 is 14.3 Å². The van der Waals surface area contributed by atoms with Gasteiger partial charge in [0.05, 0.1) is 5.56 Å². The molecule has 0 aliphatic carbocycles. The minimum Gasteiger partial charge on any atom is -0.426 e. The quantitative estimate of drug-likeness (QED) is 0.435. The van der Waals surface area contributed by atoms with Crippen LogP contribution in [0, 0.1) is 0 Å². The van der Waals surface area contributed by atoms with Crippen molar-refractivity contribution in [2.75, 3.05) is 0 Å². The molecule has 0 N–H and O–H groups in total. The minimum absolute atomic E-state index is 0.0157. The van der Waals surface area contributed by atoms with Gasteiger partial charge in [0.1, 0.15) is 5.75 Å². The van der Waals surface area contributed by atoms with E-state index in [2.05, 4.69) is 0 Å². The van der Waals surface area contributed by atoms with Crippen molar-refractivity contribution >= 4 is 11.8 Å². The summed E-state index contributed by atoms with van der Waals surface area (Å²) in [6.07, 6.45) is 1.56. The highest BCUT2D eigenvalue weighted by molar-refractivity contribution is 5.99. The van der Waals surface area contributed by atoms with Gasteiger partial charge in [-0.05, 0) is 18.6 Å². The van der Waals surface area contributed by atoms with Gasteiger partial charge < -0.3 is 4.74 Å². The van der Waals surface area contributed by atoms with Gasteiger partial charge in [-0.3, -0.25) is 9.59 Å². The molecule has 0 aromatic heterocycles. The van der Waals surface area contributed by atoms with Gasteiger partial charge in [0.2, 0.25) is 0 Å². The zero-order chi connectivity index (χ0) is 12.0. The number of esters is 1. The fourth-order valence-corrected chi connectivity index (χ4v) is 1.34. The third-order valence-electron chi connectivity index (χ3n) is 2.18. The van der Waals surface area contributed by atoms with Crippen LogP contribution in [0.25, 0.3) is 0 Å². The van der Waals surface area contributed by atoms with Gasteiger partial charge in [-0.1, -0.05) is 26.0 Å². The summed E-state index contributed by atoms with van der Waals surface area (Å²) in [6, 6.07) is 6.86. The Bertz CT molecular complexity index is 383. The van der Waals surface area contributed by atoms with Crippen LogP contribution < -0.4 is 4.74 Å². The van der Waals surface area contributed by atoms with Gasteiger partial charge in [0.25, 0.3) is 0 Å². The van der Waals surface area contributed by atoms with E-state index in [1.807, 2.05) is 6.92 Å².